The third-order valence-corrected chi connectivity index (χ3v) is 6.11. The van der Waals surface area contributed by atoms with Gasteiger partial charge in [-0.3, -0.25) is 9.69 Å². The molecule has 3 aromatic rings. The Hall–Kier alpha value is -3.55. The minimum atomic E-state index is -1.76. The van der Waals surface area contributed by atoms with Gasteiger partial charge in [-0.15, -0.1) is 0 Å². The molecule has 0 radical (unpaired) electrons. The number of carbonyl (C=O) groups is 2. The van der Waals surface area contributed by atoms with Crippen molar-refractivity contribution in [3.63, 3.8) is 0 Å². The second-order valence-corrected chi connectivity index (χ2v) is 8.13. The summed E-state index contributed by atoms with van der Waals surface area (Å²) in [5.74, 6) is -2.26. The number of hydrogen-bond donors (Lipinski definition) is 1. The number of halogens is 2. The third-order valence-electron chi connectivity index (χ3n) is 6.11. The molecule has 31 heavy (non-hydrogen) atoms. The highest BCUT2D eigenvalue weighted by atomic mass is 19.1. The monoisotopic (exact) mass is 424 g/mol. The lowest BCUT2D eigenvalue weighted by Crippen LogP contribution is -2.41. The van der Waals surface area contributed by atoms with Crippen molar-refractivity contribution in [2.24, 2.45) is 0 Å². The highest BCUT2D eigenvalue weighted by Crippen LogP contribution is 2.34. The molecule has 2 aliphatic rings. The number of imide groups is 1. The van der Waals surface area contributed by atoms with Gasteiger partial charge in [0.05, 0.1) is 6.54 Å². The molecule has 0 unspecified atom stereocenters. The van der Waals surface area contributed by atoms with Crippen molar-refractivity contribution in [3.8, 4) is 0 Å². The number of urea groups is 1. The average Bonchev–Trinajstić information content (AvgIpc) is 3.26. The van der Waals surface area contributed by atoms with Gasteiger partial charge in [-0.05, 0) is 73.2 Å². The van der Waals surface area contributed by atoms with Crippen LogP contribution in [-0.2, 0) is 29.7 Å². The summed E-state index contributed by atoms with van der Waals surface area (Å²) in [7, 11) is 0. The fourth-order valence-electron chi connectivity index (χ4n) is 4.50. The topological polar surface area (TPSA) is 79.6 Å². The van der Waals surface area contributed by atoms with Gasteiger partial charge in [0, 0.05) is 17.0 Å². The number of nitrogens with zero attached hydrogens (tertiary/aromatic N) is 1. The van der Waals surface area contributed by atoms with E-state index in [1.165, 1.54) is 13.0 Å². The Morgan fingerprint density at radius 3 is 2.58 bits per heavy atom. The Morgan fingerprint density at radius 1 is 1.06 bits per heavy atom. The van der Waals surface area contributed by atoms with Crippen LogP contribution in [0, 0.1) is 11.6 Å². The molecule has 6 nitrogen and oxygen atoms in total. The number of benzene rings is 2. The molecule has 1 N–H and O–H groups in total. The molecule has 0 bridgehead atoms. The Balaban J connectivity index is 1.56. The Kier molecular flexibility index (Phi) is 4.22. The third kappa shape index (κ3) is 3.01. The summed E-state index contributed by atoms with van der Waals surface area (Å²) >= 11 is 0. The van der Waals surface area contributed by atoms with Gasteiger partial charge in [-0.2, -0.15) is 0 Å². The summed E-state index contributed by atoms with van der Waals surface area (Å²) in [6.45, 7) is 1.13. The van der Waals surface area contributed by atoms with E-state index in [2.05, 4.69) is 5.32 Å². The first kappa shape index (κ1) is 19.4. The number of hydrogen-bond acceptors (Lipinski definition) is 4. The largest absolute Gasteiger partial charge is 0.423 e. The SMILES string of the molecule is C[C@@]1(c2cc(F)ccc2F)NC(=O)N(Cc2cc(=O)oc3cc4c(cc23)CCC4)C1=O. The summed E-state index contributed by atoms with van der Waals surface area (Å²) in [4.78, 5) is 38.8. The van der Waals surface area contributed by atoms with Gasteiger partial charge in [0.15, 0.2) is 0 Å². The van der Waals surface area contributed by atoms with E-state index in [0.717, 1.165) is 53.5 Å². The van der Waals surface area contributed by atoms with E-state index in [4.69, 9.17) is 4.42 Å². The van der Waals surface area contributed by atoms with Crippen LogP contribution in [0.25, 0.3) is 11.0 Å². The van der Waals surface area contributed by atoms with Crippen LogP contribution in [0.5, 0.6) is 0 Å². The first-order chi connectivity index (χ1) is 14.8. The van der Waals surface area contributed by atoms with Crippen molar-refractivity contribution >= 4 is 22.9 Å². The van der Waals surface area contributed by atoms with Crippen LogP contribution in [0.15, 0.2) is 45.6 Å². The van der Waals surface area contributed by atoms with E-state index in [0.29, 0.717) is 16.5 Å². The van der Waals surface area contributed by atoms with Crippen molar-refractivity contribution in [2.75, 3.05) is 0 Å². The molecule has 3 amide bonds. The van der Waals surface area contributed by atoms with Gasteiger partial charge in [-0.25, -0.2) is 18.4 Å². The first-order valence-corrected chi connectivity index (χ1v) is 9.94. The van der Waals surface area contributed by atoms with Gasteiger partial charge >= 0.3 is 11.7 Å². The molecular formula is C23H18F2N2O4. The number of rotatable bonds is 3. The Labute approximate surface area is 175 Å². The molecule has 1 saturated heterocycles. The predicted octanol–water partition coefficient (Wildman–Crippen LogP) is 3.53. The average molecular weight is 424 g/mol. The predicted molar refractivity (Wildman–Crippen MR) is 107 cm³/mol. The minimum absolute atomic E-state index is 0.196. The molecule has 158 valence electrons. The van der Waals surface area contributed by atoms with Crippen molar-refractivity contribution in [1.29, 1.82) is 0 Å². The van der Waals surface area contributed by atoms with Gasteiger partial charge < -0.3 is 9.73 Å². The normalized spacial score (nSPS) is 20.4. The van der Waals surface area contributed by atoms with Crippen LogP contribution in [-0.4, -0.2) is 16.8 Å². The molecule has 1 aromatic heterocycles. The maximum absolute atomic E-state index is 14.4. The molecule has 2 heterocycles. The zero-order valence-electron chi connectivity index (χ0n) is 16.6. The number of carbonyl (C=O) groups excluding carboxylic acids is 2. The molecule has 0 spiro atoms. The molecule has 1 aliphatic heterocycles. The van der Waals surface area contributed by atoms with Crippen molar-refractivity contribution in [1.82, 2.24) is 10.2 Å². The van der Waals surface area contributed by atoms with E-state index in [1.54, 1.807) is 0 Å². The zero-order chi connectivity index (χ0) is 21.9. The van der Waals surface area contributed by atoms with Gasteiger partial charge in [0.1, 0.15) is 22.8 Å². The molecule has 2 aromatic carbocycles. The van der Waals surface area contributed by atoms with Crippen LogP contribution < -0.4 is 10.9 Å². The maximum atomic E-state index is 14.4. The number of aryl methyl sites for hydroxylation is 2. The molecule has 1 aliphatic carbocycles. The number of fused-ring (bicyclic) bond motifs is 2. The van der Waals surface area contributed by atoms with Crippen molar-refractivity contribution < 1.29 is 22.8 Å². The second-order valence-electron chi connectivity index (χ2n) is 8.13. The molecule has 1 fully saturated rings. The highest BCUT2D eigenvalue weighted by Gasteiger charge is 2.50. The summed E-state index contributed by atoms with van der Waals surface area (Å²) in [5.41, 5.74) is 0.501. The van der Waals surface area contributed by atoms with Crippen molar-refractivity contribution in [2.45, 2.75) is 38.3 Å². The molecule has 1 atom stereocenters. The lowest BCUT2D eigenvalue weighted by atomic mass is 9.91. The van der Waals surface area contributed by atoms with E-state index in [9.17, 15) is 23.2 Å². The van der Waals surface area contributed by atoms with E-state index in [1.807, 2.05) is 12.1 Å². The van der Waals surface area contributed by atoms with Gasteiger partial charge in [-0.1, -0.05) is 0 Å². The van der Waals surface area contributed by atoms with Gasteiger partial charge in [0.25, 0.3) is 5.91 Å². The highest BCUT2D eigenvalue weighted by molar-refractivity contribution is 6.07. The summed E-state index contributed by atoms with van der Waals surface area (Å²) < 4.78 is 33.4. The molecule has 5 rings (SSSR count). The summed E-state index contributed by atoms with van der Waals surface area (Å²) in [6, 6.07) is 7.01. The Morgan fingerprint density at radius 2 is 1.81 bits per heavy atom. The maximum Gasteiger partial charge on any atom is 0.336 e. The van der Waals surface area contributed by atoms with Crippen LogP contribution >= 0.6 is 0 Å². The summed E-state index contributed by atoms with van der Waals surface area (Å²) in [6.07, 6.45) is 2.82. The molecular weight excluding hydrogens is 406 g/mol. The number of nitrogens with one attached hydrogen (secondary N) is 1. The minimum Gasteiger partial charge on any atom is -0.423 e. The second kappa shape index (κ2) is 6.73. The zero-order valence-corrected chi connectivity index (χ0v) is 16.6. The quantitative estimate of drug-likeness (QED) is 0.515. The lowest BCUT2D eigenvalue weighted by molar-refractivity contribution is -0.131. The Bertz CT molecular complexity index is 1330. The van der Waals surface area contributed by atoms with Crippen LogP contribution in [0.1, 0.15) is 35.6 Å². The van der Waals surface area contributed by atoms with E-state index < -0.39 is 34.7 Å². The van der Waals surface area contributed by atoms with E-state index >= 15 is 0 Å². The smallest absolute Gasteiger partial charge is 0.336 e. The summed E-state index contributed by atoms with van der Waals surface area (Å²) in [5, 5.41) is 3.11. The van der Waals surface area contributed by atoms with Gasteiger partial charge in [0.2, 0.25) is 0 Å². The van der Waals surface area contributed by atoms with Crippen molar-refractivity contribution in [3.05, 3.63) is 80.7 Å². The first-order valence-electron chi connectivity index (χ1n) is 9.94. The standard InChI is InChI=1S/C23H18F2N2O4/c1-23(17-10-15(24)5-6-18(17)25)21(29)27(22(30)26-23)11-14-9-20(28)31-19-8-13-4-2-3-12(13)7-16(14)19/h5-10H,2-4,11H2,1H3,(H,26,30)/t23-/m0/s1. The fourth-order valence-corrected chi connectivity index (χ4v) is 4.50. The fraction of sp³-hybridized carbons (Fsp3) is 0.261. The molecule has 8 heteroatoms. The van der Waals surface area contributed by atoms with Crippen LogP contribution in [0.2, 0.25) is 0 Å². The van der Waals surface area contributed by atoms with E-state index in [-0.39, 0.29) is 12.1 Å². The van der Waals surface area contributed by atoms with Crippen LogP contribution in [0.4, 0.5) is 13.6 Å². The molecule has 0 saturated carbocycles. The number of amides is 3. The van der Waals surface area contributed by atoms with Crippen LogP contribution in [0.3, 0.4) is 0 Å². The lowest BCUT2D eigenvalue weighted by Gasteiger charge is -2.23.